The summed E-state index contributed by atoms with van der Waals surface area (Å²) in [4.78, 5) is 11.2. The van der Waals surface area contributed by atoms with Crippen molar-refractivity contribution in [2.75, 3.05) is 0 Å². The normalized spacial score (nSPS) is 9.78. The standard InChI is InChI=1S/C15H12O3/c1-3-17-12-6-7-13-11(9-12)5-8-15(18-4-2)14(13)10-16/h3-10H,1-2H2. The monoisotopic (exact) mass is 240 g/mol. The van der Waals surface area contributed by atoms with Gasteiger partial charge >= 0.3 is 0 Å². The van der Waals surface area contributed by atoms with Gasteiger partial charge in [-0.25, -0.2) is 0 Å². The average Bonchev–Trinajstić information content (AvgIpc) is 2.39. The third kappa shape index (κ3) is 2.11. The minimum atomic E-state index is 0.491. The highest BCUT2D eigenvalue weighted by molar-refractivity contribution is 6.01. The molecule has 0 saturated carbocycles. The average molecular weight is 240 g/mol. The summed E-state index contributed by atoms with van der Waals surface area (Å²) in [6.45, 7) is 6.98. The second-order valence-corrected chi connectivity index (χ2v) is 3.55. The van der Waals surface area contributed by atoms with Crippen LogP contribution in [0.1, 0.15) is 10.4 Å². The van der Waals surface area contributed by atoms with E-state index >= 15 is 0 Å². The van der Waals surface area contributed by atoms with Gasteiger partial charge in [-0.05, 0) is 35.0 Å². The molecule has 0 spiro atoms. The highest BCUT2D eigenvalue weighted by atomic mass is 16.5. The zero-order valence-electron chi connectivity index (χ0n) is 9.76. The number of ether oxygens (including phenoxy) is 2. The van der Waals surface area contributed by atoms with Crippen molar-refractivity contribution in [3.63, 3.8) is 0 Å². The fourth-order valence-corrected chi connectivity index (χ4v) is 1.80. The molecule has 3 heteroatoms. The Labute approximate surface area is 105 Å². The minimum absolute atomic E-state index is 0.491. The molecule has 0 aliphatic rings. The number of hydrogen-bond donors (Lipinski definition) is 0. The molecular weight excluding hydrogens is 228 g/mol. The van der Waals surface area contributed by atoms with Crippen molar-refractivity contribution < 1.29 is 14.3 Å². The van der Waals surface area contributed by atoms with Crippen LogP contribution in [-0.2, 0) is 0 Å². The first-order valence-electron chi connectivity index (χ1n) is 5.37. The quantitative estimate of drug-likeness (QED) is 0.590. The number of carbonyl (C=O) groups is 1. The molecule has 0 heterocycles. The smallest absolute Gasteiger partial charge is 0.154 e. The van der Waals surface area contributed by atoms with Crippen LogP contribution in [0.3, 0.4) is 0 Å². The summed E-state index contributed by atoms with van der Waals surface area (Å²) >= 11 is 0. The number of benzene rings is 2. The molecule has 0 aliphatic heterocycles. The summed E-state index contributed by atoms with van der Waals surface area (Å²) in [6, 6.07) is 9.01. The van der Waals surface area contributed by atoms with Crippen LogP contribution in [0.4, 0.5) is 0 Å². The molecule has 0 fully saturated rings. The Kier molecular flexibility index (Phi) is 3.44. The molecule has 0 aromatic heterocycles. The predicted octanol–water partition coefficient (Wildman–Crippen LogP) is 3.70. The third-order valence-corrected chi connectivity index (χ3v) is 2.54. The van der Waals surface area contributed by atoms with E-state index in [9.17, 15) is 4.79 Å². The summed E-state index contributed by atoms with van der Waals surface area (Å²) < 4.78 is 10.4. The fraction of sp³-hybridized carbons (Fsp3) is 0. The van der Waals surface area contributed by atoms with Gasteiger partial charge in [-0.3, -0.25) is 4.79 Å². The first-order chi connectivity index (χ1) is 8.80. The number of hydrogen-bond acceptors (Lipinski definition) is 3. The van der Waals surface area contributed by atoms with E-state index in [0.29, 0.717) is 17.1 Å². The minimum Gasteiger partial charge on any atom is -0.466 e. The maximum Gasteiger partial charge on any atom is 0.154 e. The van der Waals surface area contributed by atoms with Gasteiger partial charge in [0.15, 0.2) is 6.29 Å². The first-order valence-corrected chi connectivity index (χ1v) is 5.37. The second-order valence-electron chi connectivity index (χ2n) is 3.55. The van der Waals surface area contributed by atoms with Gasteiger partial charge in [0.2, 0.25) is 0 Å². The van der Waals surface area contributed by atoms with Gasteiger partial charge in [-0.1, -0.05) is 19.2 Å². The molecule has 2 aromatic carbocycles. The summed E-state index contributed by atoms with van der Waals surface area (Å²) in [5.41, 5.74) is 0.498. The van der Waals surface area contributed by atoms with E-state index in [1.807, 2.05) is 18.2 Å². The van der Waals surface area contributed by atoms with E-state index in [4.69, 9.17) is 9.47 Å². The van der Waals surface area contributed by atoms with Crippen LogP contribution < -0.4 is 9.47 Å². The molecule has 0 aliphatic carbocycles. The van der Waals surface area contributed by atoms with Gasteiger partial charge in [0.25, 0.3) is 0 Å². The Morgan fingerprint density at radius 2 is 1.78 bits per heavy atom. The van der Waals surface area contributed by atoms with E-state index in [1.54, 1.807) is 12.1 Å². The molecule has 90 valence electrons. The molecule has 3 nitrogen and oxygen atoms in total. The highest BCUT2D eigenvalue weighted by Gasteiger charge is 2.08. The van der Waals surface area contributed by atoms with Crippen molar-refractivity contribution in [2.45, 2.75) is 0 Å². The Morgan fingerprint density at radius 3 is 2.44 bits per heavy atom. The largest absolute Gasteiger partial charge is 0.466 e. The van der Waals surface area contributed by atoms with Crippen LogP contribution in [0.5, 0.6) is 11.5 Å². The summed E-state index contributed by atoms with van der Waals surface area (Å²) in [5.74, 6) is 1.16. The third-order valence-electron chi connectivity index (χ3n) is 2.54. The lowest BCUT2D eigenvalue weighted by Crippen LogP contribution is -1.91. The van der Waals surface area contributed by atoms with Crippen molar-refractivity contribution >= 4 is 17.1 Å². The van der Waals surface area contributed by atoms with Crippen LogP contribution in [0, 0.1) is 0 Å². The Bertz CT molecular complexity index is 614. The topological polar surface area (TPSA) is 35.5 Å². The molecule has 2 rings (SSSR count). The predicted molar refractivity (Wildman–Crippen MR) is 71.0 cm³/mol. The lowest BCUT2D eigenvalue weighted by atomic mass is 10.0. The van der Waals surface area contributed by atoms with Crippen molar-refractivity contribution in [3.05, 3.63) is 61.6 Å². The zero-order chi connectivity index (χ0) is 13.0. The number of fused-ring (bicyclic) bond motifs is 1. The maximum absolute atomic E-state index is 11.2. The zero-order valence-corrected chi connectivity index (χ0v) is 9.76. The van der Waals surface area contributed by atoms with Crippen LogP contribution >= 0.6 is 0 Å². The SMILES string of the molecule is C=COc1ccc2c(C=O)c(OC=C)ccc2c1. The van der Waals surface area contributed by atoms with Crippen molar-refractivity contribution in [1.29, 1.82) is 0 Å². The second kappa shape index (κ2) is 5.19. The Morgan fingerprint density at radius 1 is 1.00 bits per heavy atom. The van der Waals surface area contributed by atoms with Crippen LogP contribution in [0.15, 0.2) is 56.0 Å². The summed E-state index contributed by atoms with van der Waals surface area (Å²) in [5, 5.41) is 1.70. The van der Waals surface area contributed by atoms with Gasteiger partial charge in [0.1, 0.15) is 11.5 Å². The van der Waals surface area contributed by atoms with Crippen molar-refractivity contribution in [3.8, 4) is 11.5 Å². The van der Waals surface area contributed by atoms with Crippen molar-refractivity contribution in [1.82, 2.24) is 0 Å². The van der Waals surface area contributed by atoms with E-state index in [1.165, 1.54) is 12.5 Å². The molecule has 0 atom stereocenters. The van der Waals surface area contributed by atoms with E-state index in [0.717, 1.165) is 17.1 Å². The molecule has 0 saturated heterocycles. The maximum atomic E-state index is 11.2. The molecular formula is C15H12O3. The van der Waals surface area contributed by atoms with Crippen molar-refractivity contribution in [2.24, 2.45) is 0 Å². The lowest BCUT2D eigenvalue weighted by Gasteiger charge is -2.08. The van der Waals surface area contributed by atoms with Gasteiger partial charge in [-0.15, -0.1) is 0 Å². The molecule has 0 amide bonds. The van der Waals surface area contributed by atoms with E-state index in [2.05, 4.69) is 13.2 Å². The summed E-state index contributed by atoms with van der Waals surface area (Å²) in [7, 11) is 0. The van der Waals surface area contributed by atoms with Gasteiger partial charge in [0, 0.05) is 0 Å². The van der Waals surface area contributed by atoms with Crippen LogP contribution in [0.25, 0.3) is 10.8 Å². The van der Waals surface area contributed by atoms with E-state index < -0.39 is 0 Å². The Hall–Kier alpha value is -2.55. The number of aldehydes is 1. The number of carbonyl (C=O) groups excluding carboxylic acids is 1. The molecule has 0 N–H and O–H groups in total. The van der Waals surface area contributed by atoms with Gasteiger partial charge < -0.3 is 9.47 Å². The molecule has 0 bridgehead atoms. The Balaban J connectivity index is 2.62. The van der Waals surface area contributed by atoms with Gasteiger partial charge in [0.05, 0.1) is 18.1 Å². The highest BCUT2D eigenvalue weighted by Crippen LogP contribution is 2.29. The molecule has 18 heavy (non-hydrogen) atoms. The van der Waals surface area contributed by atoms with E-state index in [-0.39, 0.29) is 0 Å². The lowest BCUT2D eigenvalue weighted by molar-refractivity contribution is 0.112. The molecule has 2 aromatic rings. The fourth-order valence-electron chi connectivity index (χ4n) is 1.80. The summed E-state index contributed by atoms with van der Waals surface area (Å²) in [6.07, 6.45) is 3.43. The van der Waals surface area contributed by atoms with Crippen LogP contribution in [-0.4, -0.2) is 6.29 Å². The first kappa shape index (κ1) is 11.9. The number of rotatable bonds is 5. The molecule has 0 radical (unpaired) electrons. The van der Waals surface area contributed by atoms with Gasteiger partial charge in [-0.2, -0.15) is 0 Å². The van der Waals surface area contributed by atoms with Crippen LogP contribution in [0.2, 0.25) is 0 Å². The molecule has 0 unspecified atom stereocenters.